The van der Waals surface area contributed by atoms with E-state index in [1.54, 1.807) is 12.1 Å². The number of nitrogens with one attached hydrogen (secondary N) is 2. The van der Waals surface area contributed by atoms with Gasteiger partial charge in [-0.3, -0.25) is 0 Å². The van der Waals surface area contributed by atoms with Gasteiger partial charge in [0.2, 0.25) is 0 Å². The smallest absolute Gasteiger partial charge is 0.315 e. The van der Waals surface area contributed by atoms with Crippen LogP contribution in [0, 0.1) is 0 Å². The fourth-order valence-electron chi connectivity index (χ4n) is 1.42. The number of benzene rings is 1. The number of carbonyl (C=O) groups is 1. The molecule has 0 saturated heterocycles. The van der Waals surface area contributed by atoms with Gasteiger partial charge in [-0.05, 0) is 38.5 Å². The normalized spacial score (nSPS) is 12.0. The van der Waals surface area contributed by atoms with Gasteiger partial charge in [0.15, 0.2) is 9.84 Å². The molecule has 6 heteroatoms. The first kappa shape index (κ1) is 15.5. The summed E-state index contributed by atoms with van der Waals surface area (Å²) in [5.74, 6) is 0. The largest absolute Gasteiger partial charge is 0.334 e. The van der Waals surface area contributed by atoms with Crippen molar-refractivity contribution in [2.75, 3.05) is 6.26 Å². The molecule has 1 aromatic carbocycles. The van der Waals surface area contributed by atoms with Crippen LogP contribution in [-0.4, -0.2) is 26.2 Å². The summed E-state index contributed by atoms with van der Waals surface area (Å²) in [6.07, 6.45) is 1.16. The summed E-state index contributed by atoms with van der Waals surface area (Å²) in [4.78, 5) is 11.8. The minimum Gasteiger partial charge on any atom is -0.334 e. The molecule has 1 rings (SSSR count). The summed E-state index contributed by atoms with van der Waals surface area (Å²) in [6.45, 7) is 6.04. The number of carbonyl (C=O) groups excluding carboxylic acids is 1. The topological polar surface area (TPSA) is 75.3 Å². The third-order valence-electron chi connectivity index (χ3n) is 2.29. The average Bonchev–Trinajstić information content (AvgIpc) is 2.23. The Bertz CT molecular complexity index is 542. The van der Waals surface area contributed by atoms with Crippen LogP contribution < -0.4 is 10.6 Å². The number of hydrogen-bond donors (Lipinski definition) is 2. The molecule has 0 aliphatic rings. The highest BCUT2D eigenvalue weighted by molar-refractivity contribution is 7.90. The molecule has 0 fully saturated rings. The Kier molecular flexibility index (Phi) is 4.57. The SMILES string of the molecule is CC(C)(C)NC(=O)NCc1ccc(S(C)(=O)=O)cc1. The maximum atomic E-state index is 11.5. The van der Waals surface area contributed by atoms with Gasteiger partial charge in [0, 0.05) is 18.3 Å². The average molecular weight is 284 g/mol. The lowest BCUT2D eigenvalue weighted by atomic mass is 10.1. The van der Waals surface area contributed by atoms with Crippen LogP contribution >= 0.6 is 0 Å². The summed E-state index contributed by atoms with van der Waals surface area (Å²) < 4.78 is 22.6. The van der Waals surface area contributed by atoms with Crippen molar-refractivity contribution in [3.05, 3.63) is 29.8 Å². The van der Waals surface area contributed by atoms with Crippen LogP contribution in [0.25, 0.3) is 0 Å². The van der Waals surface area contributed by atoms with E-state index < -0.39 is 9.84 Å². The van der Waals surface area contributed by atoms with Crippen molar-refractivity contribution < 1.29 is 13.2 Å². The lowest BCUT2D eigenvalue weighted by Crippen LogP contribution is -2.46. The van der Waals surface area contributed by atoms with Crippen molar-refractivity contribution in [2.24, 2.45) is 0 Å². The Labute approximate surface area is 114 Å². The fraction of sp³-hybridized carbons (Fsp3) is 0.462. The molecule has 0 bridgehead atoms. The van der Waals surface area contributed by atoms with Crippen LogP contribution in [0.5, 0.6) is 0 Å². The van der Waals surface area contributed by atoms with Crippen molar-refractivity contribution in [3.63, 3.8) is 0 Å². The Morgan fingerprint density at radius 2 is 1.68 bits per heavy atom. The molecule has 0 aliphatic carbocycles. The standard InChI is InChI=1S/C13H20N2O3S/c1-13(2,3)15-12(16)14-9-10-5-7-11(8-6-10)19(4,17)18/h5-8H,9H2,1-4H3,(H2,14,15,16). The van der Waals surface area contributed by atoms with Crippen LogP contribution in [0.1, 0.15) is 26.3 Å². The first-order chi connectivity index (χ1) is 8.58. The van der Waals surface area contributed by atoms with E-state index in [4.69, 9.17) is 0 Å². The zero-order valence-electron chi connectivity index (χ0n) is 11.6. The first-order valence-electron chi connectivity index (χ1n) is 5.93. The van der Waals surface area contributed by atoms with Crippen molar-refractivity contribution in [2.45, 2.75) is 37.8 Å². The van der Waals surface area contributed by atoms with E-state index in [9.17, 15) is 13.2 Å². The maximum absolute atomic E-state index is 11.5. The quantitative estimate of drug-likeness (QED) is 0.887. The Morgan fingerprint density at radius 3 is 2.11 bits per heavy atom. The molecule has 2 amide bonds. The first-order valence-corrected chi connectivity index (χ1v) is 7.82. The monoisotopic (exact) mass is 284 g/mol. The predicted octanol–water partition coefficient (Wildman–Crippen LogP) is 1.69. The zero-order valence-corrected chi connectivity index (χ0v) is 12.5. The highest BCUT2D eigenvalue weighted by atomic mass is 32.2. The van der Waals surface area contributed by atoms with Gasteiger partial charge in [-0.2, -0.15) is 0 Å². The van der Waals surface area contributed by atoms with Gasteiger partial charge in [-0.15, -0.1) is 0 Å². The number of amides is 2. The van der Waals surface area contributed by atoms with Crippen LogP contribution in [-0.2, 0) is 16.4 Å². The molecule has 19 heavy (non-hydrogen) atoms. The fourth-order valence-corrected chi connectivity index (χ4v) is 2.05. The van der Waals surface area contributed by atoms with Gasteiger partial charge in [-0.1, -0.05) is 12.1 Å². The second-order valence-corrected chi connectivity index (χ2v) is 7.49. The summed E-state index contributed by atoms with van der Waals surface area (Å²) in [6, 6.07) is 6.20. The molecule has 0 spiro atoms. The van der Waals surface area contributed by atoms with Gasteiger partial charge in [0.1, 0.15) is 0 Å². The second-order valence-electron chi connectivity index (χ2n) is 5.47. The van der Waals surface area contributed by atoms with Gasteiger partial charge in [0.25, 0.3) is 0 Å². The molecule has 0 saturated carbocycles. The lowest BCUT2D eigenvalue weighted by molar-refractivity contribution is 0.231. The van der Waals surface area contributed by atoms with E-state index in [2.05, 4.69) is 10.6 Å². The van der Waals surface area contributed by atoms with Crippen molar-refractivity contribution in [1.29, 1.82) is 0 Å². The van der Waals surface area contributed by atoms with Crippen LogP contribution in [0.2, 0.25) is 0 Å². The number of hydrogen-bond acceptors (Lipinski definition) is 3. The van der Waals surface area contributed by atoms with Crippen LogP contribution in [0.3, 0.4) is 0 Å². The minimum absolute atomic E-state index is 0.250. The zero-order chi connectivity index (χ0) is 14.7. The maximum Gasteiger partial charge on any atom is 0.315 e. The highest BCUT2D eigenvalue weighted by Gasteiger charge is 2.13. The van der Waals surface area contributed by atoms with Crippen molar-refractivity contribution in [1.82, 2.24) is 10.6 Å². The Balaban J connectivity index is 2.58. The van der Waals surface area contributed by atoms with Crippen LogP contribution in [0.4, 0.5) is 4.79 Å². The van der Waals surface area contributed by atoms with Crippen molar-refractivity contribution >= 4 is 15.9 Å². The van der Waals surface area contributed by atoms with E-state index in [0.29, 0.717) is 6.54 Å². The molecule has 5 nitrogen and oxygen atoms in total. The highest BCUT2D eigenvalue weighted by Crippen LogP contribution is 2.10. The third kappa shape index (κ3) is 5.74. The molecule has 0 aliphatic heterocycles. The van der Waals surface area contributed by atoms with Gasteiger partial charge < -0.3 is 10.6 Å². The molecule has 0 atom stereocenters. The molecule has 0 aromatic heterocycles. The summed E-state index contributed by atoms with van der Waals surface area (Å²) in [5, 5.41) is 5.49. The predicted molar refractivity (Wildman–Crippen MR) is 74.7 cm³/mol. The minimum atomic E-state index is -3.17. The molecule has 106 valence electrons. The molecule has 0 heterocycles. The molecular weight excluding hydrogens is 264 g/mol. The van der Waals surface area contributed by atoms with Gasteiger partial charge in [-0.25, -0.2) is 13.2 Å². The van der Waals surface area contributed by atoms with E-state index in [1.165, 1.54) is 12.1 Å². The number of rotatable bonds is 3. The summed E-state index contributed by atoms with van der Waals surface area (Å²) >= 11 is 0. The van der Waals surface area contributed by atoms with E-state index in [-0.39, 0.29) is 16.5 Å². The number of urea groups is 1. The number of sulfone groups is 1. The van der Waals surface area contributed by atoms with E-state index in [1.807, 2.05) is 20.8 Å². The molecule has 2 N–H and O–H groups in total. The summed E-state index contributed by atoms with van der Waals surface area (Å²) in [7, 11) is -3.17. The van der Waals surface area contributed by atoms with E-state index in [0.717, 1.165) is 11.8 Å². The molecule has 0 unspecified atom stereocenters. The van der Waals surface area contributed by atoms with Crippen LogP contribution in [0.15, 0.2) is 29.2 Å². The molecule has 0 radical (unpaired) electrons. The van der Waals surface area contributed by atoms with Gasteiger partial charge >= 0.3 is 6.03 Å². The van der Waals surface area contributed by atoms with Crippen molar-refractivity contribution in [3.8, 4) is 0 Å². The van der Waals surface area contributed by atoms with Gasteiger partial charge in [0.05, 0.1) is 4.90 Å². The van der Waals surface area contributed by atoms with E-state index >= 15 is 0 Å². The second kappa shape index (κ2) is 5.61. The summed E-state index contributed by atoms with van der Waals surface area (Å²) in [5.41, 5.74) is 0.556. The third-order valence-corrected chi connectivity index (χ3v) is 3.42. The molecular formula is C13H20N2O3S. The molecule has 1 aromatic rings. The Hall–Kier alpha value is -1.56. The Morgan fingerprint density at radius 1 is 1.16 bits per heavy atom. The lowest BCUT2D eigenvalue weighted by Gasteiger charge is -2.20.